The fourth-order valence-electron chi connectivity index (χ4n) is 3.65. The third-order valence-corrected chi connectivity index (χ3v) is 5.56. The van der Waals surface area contributed by atoms with Gasteiger partial charge in [-0.05, 0) is 61.7 Å². The molecule has 0 bridgehead atoms. The zero-order valence-corrected chi connectivity index (χ0v) is 18.1. The van der Waals surface area contributed by atoms with Gasteiger partial charge in [0.05, 0.1) is 6.10 Å². The summed E-state index contributed by atoms with van der Waals surface area (Å²) in [5, 5.41) is 24.3. The van der Waals surface area contributed by atoms with Crippen LogP contribution < -0.4 is 16.1 Å². The molecule has 2 amide bonds. The molecule has 33 heavy (non-hydrogen) atoms. The number of carbonyl (C=O) groups is 2. The number of hydroxylamine groups is 1. The molecule has 0 heterocycles. The van der Waals surface area contributed by atoms with Gasteiger partial charge in [-0.2, -0.15) is 0 Å². The molecule has 2 aromatic rings. The van der Waals surface area contributed by atoms with Crippen molar-refractivity contribution in [3.8, 4) is 11.8 Å². The third-order valence-electron chi connectivity index (χ3n) is 5.56. The molecular formula is C26H33N3O4. The Kier molecular flexibility index (Phi) is 10.1. The monoisotopic (exact) mass is 451 g/mol. The Balaban J connectivity index is 0.00000385. The highest BCUT2D eigenvalue weighted by Crippen LogP contribution is 2.18. The first-order valence-electron chi connectivity index (χ1n) is 10.8. The molecule has 0 saturated heterocycles. The smallest absolute Gasteiger partial charge is 0.268 e. The molecule has 5 N–H and O–H groups in total. The molecule has 0 aromatic heterocycles. The van der Waals surface area contributed by atoms with Crippen LogP contribution in [0.15, 0.2) is 48.5 Å². The summed E-state index contributed by atoms with van der Waals surface area (Å²) in [5.74, 6) is 4.76. The van der Waals surface area contributed by atoms with Gasteiger partial charge < -0.3 is 15.7 Å². The molecule has 0 radical (unpaired) electrons. The van der Waals surface area contributed by atoms with Crippen LogP contribution >= 0.6 is 0 Å². The molecule has 1 fully saturated rings. The molecule has 0 spiro atoms. The van der Waals surface area contributed by atoms with E-state index in [1.165, 1.54) is 43.7 Å². The van der Waals surface area contributed by atoms with Crippen molar-refractivity contribution in [2.45, 2.75) is 64.8 Å². The number of nitrogens with one attached hydrogen (secondary N) is 3. The van der Waals surface area contributed by atoms with Gasteiger partial charge in [-0.1, -0.05) is 44.2 Å². The summed E-state index contributed by atoms with van der Waals surface area (Å²) >= 11 is 0. The van der Waals surface area contributed by atoms with Crippen LogP contribution in [0.25, 0.3) is 0 Å². The van der Waals surface area contributed by atoms with E-state index in [-0.39, 0.29) is 7.43 Å². The summed E-state index contributed by atoms with van der Waals surface area (Å²) in [4.78, 5) is 23.9. The molecule has 7 heteroatoms. The van der Waals surface area contributed by atoms with Crippen LogP contribution in [0.4, 0.5) is 0 Å². The van der Waals surface area contributed by atoms with E-state index in [4.69, 9.17) is 5.21 Å². The summed E-state index contributed by atoms with van der Waals surface area (Å²) in [6.07, 6.45) is 4.01. The second-order valence-electron chi connectivity index (χ2n) is 8.05. The third kappa shape index (κ3) is 7.72. The molecule has 176 valence electrons. The Hall–Kier alpha value is -3.18. The van der Waals surface area contributed by atoms with Crippen LogP contribution in [0.2, 0.25) is 0 Å². The van der Waals surface area contributed by atoms with Crippen molar-refractivity contribution in [1.29, 1.82) is 0 Å². The minimum Gasteiger partial charge on any atom is -0.391 e. The summed E-state index contributed by atoms with van der Waals surface area (Å²) < 4.78 is 0. The molecule has 7 nitrogen and oxygen atoms in total. The van der Waals surface area contributed by atoms with Gasteiger partial charge in [-0.25, -0.2) is 5.48 Å². The number of hydrogen-bond acceptors (Lipinski definition) is 5. The Labute approximate surface area is 195 Å². The number of rotatable bonds is 7. The maximum atomic E-state index is 12.3. The Morgan fingerprint density at radius 2 is 1.55 bits per heavy atom. The van der Waals surface area contributed by atoms with E-state index in [9.17, 15) is 14.7 Å². The highest BCUT2D eigenvalue weighted by molar-refractivity contribution is 5.97. The van der Waals surface area contributed by atoms with E-state index < -0.39 is 24.0 Å². The molecule has 1 aliphatic rings. The Morgan fingerprint density at radius 1 is 1.00 bits per heavy atom. The van der Waals surface area contributed by atoms with Crippen LogP contribution in [0.1, 0.15) is 67.1 Å². The van der Waals surface area contributed by atoms with Crippen LogP contribution in [0.3, 0.4) is 0 Å². The standard InChI is InChI=1S/C25H29N3O4.CH4/c1-17(29)23(25(31)28-32)27-24(30)21-14-12-19(13-15-21)7-6-18-8-10-20(11-9-18)16-26-22-4-2-3-5-22;/h8-15,17,22-23,26,29,32H,2-5,16H2,1H3,(H,27,30)(H,28,31);1H4/t17-,23+;/m1./s1. The maximum Gasteiger partial charge on any atom is 0.268 e. The zero-order valence-electron chi connectivity index (χ0n) is 18.1. The largest absolute Gasteiger partial charge is 0.391 e. The van der Waals surface area contributed by atoms with Gasteiger partial charge in [-0.3, -0.25) is 14.8 Å². The van der Waals surface area contributed by atoms with Gasteiger partial charge in [0, 0.05) is 29.3 Å². The molecule has 2 aromatic carbocycles. The quantitative estimate of drug-likeness (QED) is 0.253. The van der Waals surface area contributed by atoms with Gasteiger partial charge in [0.1, 0.15) is 6.04 Å². The van der Waals surface area contributed by atoms with Crippen LogP contribution in [0.5, 0.6) is 0 Å². The van der Waals surface area contributed by atoms with E-state index in [1.54, 1.807) is 24.3 Å². The summed E-state index contributed by atoms with van der Waals surface area (Å²) in [6, 6.07) is 14.2. The molecule has 0 aliphatic heterocycles. The van der Waals surface area contributed by atoms with Crippen LogP contribution in [0, 0.1) is 11.8 Å². The first-order valence-corrected chi connectivity index (χ1v) is 10.8. The number of amides is 2. The van der Waals surface area contributed by atoms with Crippen molar-refractivity contribution in [2.24, 2.45) is 0 Å². The van der Waals surface area contributed by atoms with Gasteiger partial charge in [-0.15, -0.1) is 0 Å². The normalized spacial score (nSPS) is 14.9. The lowest BCUT2D eigenvalue weighted by Crippen LogP contribution is -2.51. The lowest BCUT2D eigenvalue weighted by atomic mass is 10.1. The van der Waals surface area contributed by atoms with E-state index in [0.717, 1.165) is 17.7 Å². The van der Waals surface area contributed by atoms with Crippen LogP contribution in [-0.2, 0) is 11.3 Å². The van der Waals surface area contributed by atoms with E-state index >= 15 is 0 Å². The highest BCUT2D eigenvalue weighted by Gasteiger charge is 2.25. The number of aliphatic hydroxyl groups excluding tert-OH is 1. The number of aliphatic hydroxyl groups is 1. The van der Waals surface area contributed by atoms with Crippen molar-refractivity contribution >= 4 is 11.8 Å². The van der Waals surface area contributed by atoms with Crippen molar-refractivity contribution in [1.82, 2.24) is 16.1 Å². The van der Waals surface area contributed by atoms with Crippen molar-refractivity contribution in [3.05, 3.63) is 70.8 Å². The number of hydrogen-bond donors (Lipinski definition) is 5. The van der Waals surface area contributed by atoms with Crippen molar-refractivity contribution in [2.75, 3.05) is 0 Å². The van der Waals surface area contributed by atoms with Crippen LogP contribution in [-0.4, -0.2) is 40.3 Å². The number of carbonyl (C=O) groups excluding carboxylic acids is 2. The minimum absolute atomic E-state index is 0. The molecular weight excluding hydrogens is 418 g/mol. The van der Waals surface area contributed by atoms with Crippen molar-refractivity contribution < 1.29 is 19.9 Å². The highest BCUT2D eigenvalue weighted by atomic mass is 16.5. The molecule has 2 atom stereocenters. The summed E-state index contributed by atoms with van der Waals surface area (Å²) in [7, 11) is 0. The fourth-order valence-corrected chi connectivity index (χ4v) is 3.65. The lowest BCUT2D eigenvalue weighted by Gasteiger charge is -2.19. The second kappa shape index (κ2) is 12.8. The van der Waals surface area contributed by atoms with E-state index in [1.807, 2.05) is 12.1 Å². The zero-order chi connectivity index (χ0) is 22.9. The first kappa shape index (κ1) is 26.1. The molecule has 3 rings (SSSR count). The second-order valence-corrected chi connectivity index (χ2v) is 8.05. The van der Waals surface area contributed by atoms with Gasteiger partial charge in [0.25, 0.3) is 11.8 Å². The molecule has 1 aliphatic carbocycles. The van der Waals surface area contributed by atoms with Gasteiger partial charge >= 0.3 is 0 Å². The average molecular weight is 452 g/mol. The predicted octanol–water partition coefficient (Wildman–Crippen LogP) is 2.74. The predicted molar refractivity (Wildman–Crippen MR) is 128 cm³/mol. The Morgan fingerprint density at radius 3 is 2.06 bits per heavy atom. The topological polar surface area (TPSA) is 111 Å². The average Bonchev–Trinajstić information content (AvgIpc) is 3.34. The summed E-state index contributed by atoms with van der Waals surface area (Å²) in [5.41, 5.74) is 4.64. The van der Waals surface area contributed by atoms with Gasteiger partial charge in [0.2, 0.25) is 0 Å². The van der Waals surface area contributed by atoms with E-state index in [0.29, 0.717) is 11.6 Å². The maximum absolute atomic E-state index is 12.3. The minimum atomic E-state index is -1.26. The molecule has 0 unspecified atom stereocenters. The lowest BCUT2D eigenvalue weighted by molar-refractivity contribution is -0.133. The molecule has 1 saturated carbocycles. The van der Waals surface area contributed by atoms with E-state index in [2.05, 4.69) is 34.6 Å². The first-order chi connectivity index (χ1) is 15.5. The van der Waals surface area contributed by atoms with Crippen molar-refractivity contribution in [3.63, 3.8) is 0 Å². The van der Waals surface area contributed by atoms with Gasteiger partial charge in [0.15, 0.2) is 0 Å². The Bertz CT molecular complexity index is 969. The SMILES string of the molecule is C.C[C@@H](O)[C@H](NC(=O)c1ccc(C#Cc2ccc(CNC3CCCC3)cc2)cc1)C(=O)NO. The fraction of sp³-hybridized carbons (Fsp3) is 0.385. The number of benzene rings is 2. The summed E-state index contributed by atoms with van der Waals surface area (Å²) in [6.45, 7) is 2.22.